The van der Waals surface area contributed by atoms with Crippen molar-refractivity contribution in [2.24, 2.45) is 0 Å². The summed E-state index contributed by atoms with van der Waals surface area (Å²) in [7, 11) is 3.73. The van der Waals surface area contributed by atoms with Crippen molar-refractivity contribution in [3.05, 3.63) is 64.7 Å². The van der Waals surface area contributed by atoms with Crippen LogP contribution >= 0.6 is 0 Å². The Morgan fingerprint density at radius 3 is 2.44 bits per heavy atom. The predicted molar refractivity (Wildman–Crippen MR) is 102 cm³/mol. The number of hydrogen-bond donors (Lipinski definition) is 1. The van der Waals surface area contributed by atoms with Crippen molar-refractivity contribution in [2.75, 3.05) is 14.2 Å². The number of ether oxygens (including phenoxy) is 1. The lowest BCUT2D eigenvalue weighted by Crippen LogP contribution is -2.52. The molecular weight excluding hydrogens is 310 g/mol. The van der Waals surface area contributed by atoms with Crippen molar-refractivity contribution in [1.82, 2.24) is 4.90 Å². The number of rotatable bonds is 2. The fraction of sp³-hybridized carbons (Fsp3) is 0.455. The number of aliphatic hydroxyl groups is 1. The summed E-state index contributed by atoms with van der Waals surface area (Å²) in [4.78, 5) is 2.20. The van der Waals surface area contributed by atoms with Crippen LogP contribution in [0, 0.1) is 0 Å². The summed E-state index contributed by atoms with van der Waals surface area (Å²) < 4.78 is 5.65. The first kappa shape index (κ1) is 18.0. The van der Waals surface area contributed by atoms with E-state index in [0.29, 0.717) is 0 Å². The number of hydrogen-bond acceptors (Lipinski definition) is 3. The van der Waals surface area contributed by atoms with Gasteiger partial charge in [0.1, 0.15) is 11.4 Å². The second kappa shape index (κ2) is 6.15. The molecule has 3 nitrogen and oxygen atoms in total. The van der Waals surface area contributed by atoms with Gasteiger partial charge in [-0.05, 0) is 48.2 Å². The van der Waals surface area contributed by atoms with Crippen LogP contribution in [0.25, 0.3) is 0 Å². The Bertz CT molecular complexity index is 778. The van der Waals surface area contributed by atoms with Crippen LogP contribution in [0.4, 0.5) is 0 Å². The molecule has 1 aliphatic rings. The van der Waals surface area contributed by atoms with E-state index in [4.69, 9.17) is 4.74 Å². The third kappa shape index (κ3) is 2.86. The molecule has 1 heterocycles. The minimum Gasteiger partial charge on any atom is -0.496 e. The fourth-order valence-corrected chi connectivity index (χ4v) is 3.82. The van der Waals surface area contributed by atoms with E-state index in [1.807, 2.05) is 24.3 Å². The maximum Gasteiger partial charge on any atom is 0.134 e. The second-order valence-corrected chi connectivity index (χ2v) is 8.18. The van der Waals surface area contributed by atoms with Gasteiger partial charge >= 0.3 is 0 Å². The second-order valence-electron chi connectivity index (χ2n) is 8.18. The smallest absolute Gasteiger partial charge is 0.134 e. The first-order valence-electron chi connectivity index (χ1n) is 8.89. The molecule has 0 saturated carbocycles. The van der Waals surface area contributed by atoms with Crippen LogP contribution in [-0.2, 0) is 17.6 Å². The first-order chi connectivity index (χ1) is 11.7. The molecule has 0 aliphatic carbocycles. The lowest BCUT2D eigenvalue weighted by atomic mass is 9.73. The van der Waals surface area contributed by atoms with Crippen molar-refractivity contribution < 1.29 is 9.84 Å². The monoisotopic (exact) mass is 339 g/mol. The maximum atomic E-state index is 12.0. The first-order valence-corrected chi connectivity index (χ1v) is 8.89. The molecule has 0 radical (unpaired) electrons. The van der Waals surface area contributed by atoms with Crippen LogP contribution in [0.5, 0.6) is 5.75 Å². The maximum absolute atomic E-state index is 12.0. The molecule has 0 spiro atoms. The summed E-state index contributed by atoms with van der Waals surface area (Å²) >= 11 is 0. The number of nitrogens with zero attached hydrogens (tertiary/aromatic N) is 1. The fourth-order valence-electron chi connectivity index (χ4n) is 3.82. The van der Waals surface area contributed by atoms with Crippen molar-refractivity contribution in [2.45, 2.75) is 51.3 Å². The van der Waals surface area contributed by atoms with Gasteiger partial charge in [-0.3, -0.25) is 4.90 Å². The van der Waals surface area contributed by atoms with E-state index in [2.05, 4.69) is 57.8 Å². The Morgan fingerprint density at radius 2 is 1.80 bits per heavy atom. The normalized spacial score (nSPS) is 24.0. The Balaban J connectivity index is 2.29. The van der Waals surface area contributed by atoms with Crippen molar-refractivity contribution in [3.8, 4) is 5.75 Å². The highest BCUT2D eigenvalue weighted by molar-refractivity contribution is 5.52. The summed E-state index contributed by atoms with van der Waals surface area (Å²) in [5.41, 5.74) is 3.05. The summed E-state index contributed by atoms with van der Waals surface area (Å²) in [5.74, 6) is 0.729. The topological polar surface area (TPSA) is 32.7 Å². The molecule has 0 saturated heterocycles. The summed E-state index contributed by atoms with van der Waals surface area (Å²) in [5, 5.41) is 12.0. The zero-order chi connectivity index (χ0) is 18.4. The number of likely N-dealkylation sites (N-methyl/N-ethyl adjacent to an activating group) is 1. The minimum atomic E-state index is -1.11. The van der Waals surface area contributed by atoms with Gasteiger partial charge in [0.2, 0.25) is 0 Å². The standard InChI is InChI=1S/C22H29NO2/c1-15-22(24,18-10-8-7-9-16(18)14-23(15)5)19-13-17(21(2,3)4)11-12-20(19)25-6/h7-13,15,24H,14H2,1-6H3. The quantitative estimate of drug-likeness (QED) is 0.895. The molecule has 0 amide bonds. The number of methoxy groups -OCH3 is 1. The van der Waals surface area contributed by atoms with Crippen LogP contribution in [0.2, 0.25) is 0 Å². The molecular formula is C22H29NO2. The average molecular weight is 339 g/mol. The van der Waals surface area contributed by atoms with Gasteiger partial charge in [0, 0.05) is 18.2 Å². The molecule has 0 bridgehead atoms. The molecule has 3 rings (SSSR count). The van der Waals surface area contributed by atoms with E-state index in [1.165, 1.54) is 5.56 Å². The highest BCUT2D eigenvalue weighted by Crippen LogP contribution is 2.45. The molecule has 0 fully saturated rings. The van der Waals surface area contributed by atoms with Gasteiger partial charge in [0.05, 0.1) is 7.11 Å². The molecule has 1 aliphatic heterocycles. The van der Waals surface area contributed by atoms with Crippen LogP contribution in [0.15, 0.2) is 42.5 Å². The van der Waals surface area contributed by atoms with E-state index >= 15 is 0 Å². The third-order valence-electron chi connectivity index (χ3n) is 5.59. The Kier molecular flexibility index (Phi) is 4.42. The summed E-state index contributed by atoms with van der Waals surface area (Å²) in [6.45, 7) is 9.48. The highest BCUT2D eigenvalue weighted by atomic mass is 16.5. The Hall–Kier alpha value is -1.84. The molecule has 2 atom stereocenters. The lowest BCUT2D eigenvalue weighted by Gasteiger charge is -2.46. The van der Waals surface area contributed by atoms with E-state index in [0.717, 1.165) is 29.0 Å². The van der Waals surface area contributed by atoms with Gasteiger partial charge in [0.25, 0.3) is 0 Å². The van der Waals surface area contributed by atoms with Gasteiger partial charge in [-0.2, -0.15) is 0 Å². The van der Waals surface area contributed by atoms with Gasteiger partial charge < -0.3 is 9.84 Å². The largest absolute Gasteiger partial charge is 0.496 e. The molecule has 2 unspecified atom stereocenters. The van der Waals surface area contributed by atoms with Crippen molar-refractivity contribution in [1.29, 1.82) is 0 Å². The summed E-state index contributed by atoms with van der Waals surface area (Å²) in [6.07, 6.45) is 0. The van der Waals surface area contributed by atoms with E-state index in [1.54, 1.807) is 7.11 Å². The zero-order valence-electron chi connectivity index (χ0n) is 16.1. The van der Waals surface area contributed by atoms with Crippen molar-refractivity contribution in [3.63, 3.8) is 0 Å². The molecule has 1 N–H and O–H groups in total. The molecule has 0 aromatic heterocycles. The molecule has 134 valence electrons. The molecule has 3 heteroatoms. The van der Waals surface area contributed by atoms with Crippen LogP contribution in [0.1, 0.15) is 49.9 Å². The number of fused-ring (bicyclic) bond motifs is 1. The van der Waals surface area contributed by atoms with Gasteiger partial charge in [-0.1, -0.05) is 51.1 Å². The van der Waals surface area contributed by atoms with E-state index in [-0.39, 0.29) is 11.5 Å². The summed E-state index contributed by atoms with van der Waals surface area (Å²) in [6, 6.07) is 14.3. The SMILES string of the molecule is COc1ccc(C(C)(C)C)cc1C1(O)c2ccccc2CN(C)C1C. The lowest BCUT2D eigenvalue weighted by molar-refractivity contribution is -0.0215. The van der Waals surface area contributed by atoms with Gasteiger partial charge in [0.15, 0.2) is 0 Å². The van der Waals surface area contributed by atoms with Crippen LogP contribution in [0.3, 0.4) is 0 Å². The van der Waals surface area contributed by atoms with E-state index < -0.39 is 5.60 Å². The van der Waals surface area contributed by atoms with Crippen LogP contribution < -0.4 is 4.74 Å². The third-order valence-corrected chi connectivity index (χ3v) is 5.59. The number of benzene rings is 2. The average Bonchev–Trinajstić information content (AvgIpc) is 2.58. The van der Waals surface area contributed by atoms with Crippen molar-refractivity contribution >= 4 is 0 Å². The Morgan fingerprint density at radius 1 is 1.12 bits per heavy atom. The molecule has 25 heavy (non-hydrogen) atoms. The minimum absolute atomic E-state index is 0.000700. The van der Waals surface area contributed by atoms with Gasteiger partial charge in [-0.25, -0.2) is 0 Å². The Labute approximate surface area is 151 Å². The van der Waals surface area contributed by atoms with E-state index in [9.17, 15) is 5.11 Å². The van der Waals surface area contributed by atoms with Crippen LogP contribution in [-0.4, -0.2) is 30.2 Å². The highest BCUT2D eigenvalue weighted by Gasteiger charge is 2.46. The molecule has 2 aromatic rings. The predicted octanol–water partition coefficient (Wildman–Crippen LogP) is 4.06. The van der Waals surface area contributed by atoms with Gasteiger partial charge in [-0.15, -0.1) is 0 Å². The molecule has 2 aromatic carbocycles. The zero-order valence-corrected chi connectivity index (χ0v) is 16.1.